The SMILES string of the molecule is O=C1NC2(CCN(C(=O)c3cccc(F)c3)CC2)Nc2cccc(F)c21. The van der Waals surface area contributed by atoms with Gasteiger partial charge in [-0.1, -0.05) is 12.1 Å². The number of anilines is 1. The molecule has 2 aromatic carbocycles. The summed E-state index contributed by atoms with van der Waals surface area (Å²) >= 11 is 0. The van der Waals surface area contributed by atoms with Crippen LogP contribution in [-0.4, -0.2) is 35.5 Å². The average Bonchev–Trinajstić information content (AvgIpc) is 2.61. The van der Waals surface area contributed by atoms with Crippen LogP contribution in [-0.2, 0) is 0 Å². The number of amides is 2. The number of hydrogen-bond donors (Lipinski definition) is 2. The standard InChI is InChI=1S/C19H17F2N3O2/c20-13-4-1-3-12(11-13)18(26)24-9-7-19(8-10-24)22-15-6-2-5-14(21)16(15)17(25)23-19/h1-6,11,22H,7-10H2,(H,23,25). The van der Waals surface area contributed by atoms with Gasteiger partial charge >= 0.3 is 0 Å². The molecule has 134 valence electrons. The minimum absolute atomic E-state index is 0.0105. The number of fused-ring (bicyclic) bond motifs is 1. The summed E-state index contributed by atoms with van der Waals surface area (Å²) in [7, 11) is 0. The molecule has 1 spiro atoms. The third-order valence-corrected chi connectivity index (χ3v) is 4.94. The molecule has 2 aromatic rings. The van der Waals surface area contributed by atoms with Crippen LogP contribution in [0.4, 0.5) is 14.5 Å². The van der Waals surface area contributed by atoms with Gasteiger partial charge in [0.15, 0.2) is 0 Å². The molecule has 26 heavy (non-hydrogen) atoms. The van der Waals surface area contributed by atoms with E-state index in [0.29, 0.717) is 37.2 Å². The maximum absolute atomic E-state index is 13.9. The summed E-state index contributed by atoms with van der Waals surface area (Å²) in [5.41, 5.74) is 0.0559. The van der Waals surface area contributed by atoms with Crippen molar-refractivity contribution in [2.24, 2.45) is 0 Å². The summed E-state index contributed by atoms with van der Waals surface area (Å²) in [6, 6.07) is 10.1. The van der Waals surface area contributed by atoms with Crippen molar-refractivity contribution in [1.82, 2.24) is 10.2 Å². The number of nitrogens with one attached hydrogen (secondary N) is 2. The van der Waals surface area contributed by atoms with Gasteiger partial charge in [0.25, 0.3) is 11.8 Å². The van der Waals surface area contributed by atoms with Gasteiger partial charge in [-0.15, -0.1) is 0 Å². The summed E-state index contributed by atoms with van der Waals surface area (Å²) < 4.78 is 27.2. The Hall–Kier alpha value is -2.96. The van der Waals surface area contributed by atoms with Crippen LogP contribution in [0.1, 0.15) is 33.6 Å². The Morgan fingerprint density at radius 2 is 1.77 bits per heavy atom. The van der Waals surface area contributed by atoms with Gasteiger partial charge in [-0.05, 0) is 30.3 Å². The second kappa shape index (κ2) is 6.09. The van der Waals surface area contributed by atoms with E-state index < -0.39 is 23.2 Å². The van der Waals surface area contributed by atoms with Crippen LogP contribution >= 0.6 is 0 Å². The first kappa shape index (κ1) is 16.5. The number of rotatable bonds is 1. The van der Waals surface area contributed by atoms with E-state index in [1.165, 1.54) is 24.3 Å². The molecular weight excluding hydrogens is 340 g/mol. The van der Waals surface area contributed by atoms with Gasteiger partial charge in [0.1, 0.15) is 17.3 Å². The average molecular weight is 357 g/mol. The van der Waals surface area contributed by atoms with Crippen molar-refractivity contribution in [3.05, 3.63) is 65.2 Å². The number of nitrogens with zero attached hydrogens (tertiary/aromatic N) is 1. The summed E-state index contributed by atoms with van der Waals surface area (Å²) in [4.78, 5) is 26.5. The lowest BCUT2D eigenvalue weighted by molar-refractivity contribution is 0.0638. The van der Waals surface area contributed by atoms with Crippen LogP contribution in [0.25, 0.3) is 0 Å². The lowest BCUT2D eigenvalue weighted by Crippen LogP contribution is -2.62. The number of carbonyl (C=O) groups excluding carboxylic acids is 2. The van der Waals surface area contributed by atoms with Crippen molar-refractivity contribution in [2.45, 2.75) is 18.5 Å². The Morgan fingerprint density at radius 3 is 2.50 bits per heavy atom. The highest BCUT2D eigenvalue weighted by atomic mass is 19.1. The smallest absolute Gasteiger partial charge is 0.258 e. The Labute approximate surface area is 149 Å². The van der Waals surface area contributed by atoms with Gasteiger partial charge in [-0.3, -0.25) is 9.59 Å². The van der Waals surface area contributed by atoms with Crippen molar-refractivity contribution in [3.63, 3.8) is 0 Å². The summed E-state index contributed by atoms with van der Waals surface area (Å²) in [5, 5.41) is 6.07. The highest BCUT2D eigenvalue weighted by Gasteiger charge is 2.41. The molecule has 0 aromatic heterocycles. The fraction of sp³-hybridized carbons (Fsp3) is 0.263. The largest absolute Gasteiger partial charge is 0.362 e. The fourth-order valence-electron chi connectivity index (χ4n) is 3.57. The Kier molecular flexibility index (Phi) is 3.86. The van der Waals surface area contributed by atoms with Gasteiger partial charge in [-0.2, -0.15) is 0 Å². The molecule has 5 nitrogen and oxygen atoms in total. The quantitative estimate of drug-likeness (QED) is 0.825. The molecule has 0 unspecified atom stereocenters. The molecular formula is C19H17F2N3O2. The van der Waals surface area contributed by atoms with Gasteiger partial charge in [0.05, 0.1) is 11.3 Å². The molecule has 4 rings (SSSR count). The van der Waals surface area contributed by atoms with E-state index in [1.54, 1.807) is 23.1 Å². The normalized spacial score (nSPS) is 18.1. The van der Waals surface area contributed by atoms with Crippen molar-refractivity contribution in [3.8, 4) is 0 Å². The molecule has 2 aliphatic rings. The molecule has 0 radical (unpaired) electrons. The molecule has 2 amide bonds. The van der Waals surface area contributed by atoms with Crippen LogP contribution in [0, 0.1) is 11.6 Å². The zero-order chi connectivity index (χ0) is 18.3. The minimum Gasteiger partial charge on any atom is -0.362 e. The first-order valence-electron chi connectivity index (χ1n) is 8.41. The Bertz CT molecular complexity index is 892. The molecule has 2 aliphatic heterocycles. The highest BCUT2D eigenvalue weighted by Crippen LogP contribution is 2.32. The van der Waals surface area contributed by atoms with Gasteiger partial charge in [0.2, 0.25) is 0 Å². The molecule has 0 aliphatic carbocycles. The van der Waals surface area contributed by atoms with Crippen LogP contribution in [0.15, 0.2) is 42.5 Å². The molecule has 0 atom stereocenters. The predicted octanol–water partition coefficient (Wildman–Crippen LogP) is 2.75. The highest BCUT2D eigenvalue weighted by molar-refractivity contribution is 6.02. The Morgan fingerprint density at radius 1 is 1.04 bits per heavy atom. The fourth-order valence-corrected chi connectivity index (χ4v) is 3.57. The van der Waals surface area contributed by atoms with Gasteiger partial charge in [-0.25, -0.2) is 8.78 Å². The number of likely N-dealkylation sites (tertiary alicyclic amines) is 1. The van der Waals surface area contributed by atoms with E-state index in [0.717, 1.165) is 0 Å². The third-order valence-electron chi connectivity index (χ3n) is 4.94. The lowest BCUT2D eigenvalue weighted by atomic mass is 9.92. The minimum atomic E-state index is -0.712. The lowest BCUT2D eigenvalue weighted by Gasteiger charge is -2.45. The Balaban J connectivity index is 1.50. The molecule has 2 heterocycles. The molecule has 0 bridgehead atoms. The van der Waals surface area contributed by atoms with E-state index >= 15 is 0 Å². The van der Waals surface area contributed by atoms with E-state index in [1.807, 2.05) is 0 Å². The van der Waals surface area contributed by atoms with Crippen molar-refractivity contribution < 1.29 is 18.4 Å². The molecule has 1 saturated heterocycles. The predicted molar refractivity (Wildman–Crippen MR) is 91.8 cm³/mol. The van der Waals surface area contributed by atoms with Crippen LogP contribution in [0.3, 0.4) is 0 Å². The van der Waals surface area contributed by atoms with Crippen molar-refractivity contribution in [1.29, 1.82) is 0 Å². The maximum Gasteiger partial charge on any atom is 0.258 e. The van der Waals surface area contributed by atoms with E-state index in [-0.39, 0.29) is 11.5 Å². The first-order valence-corrected chi connectivity index (χ1v) is 8.41. The number of carbonyl (C=O) groups is 2. The van der Waals surface area contributed by atoms with Gasteiger partial charge in [0, 0.05) is 31.5 Å². The number of benzene rings is 2. The van der Waals surface area contributed by atoms with Crippen LogP contribution in [0.5, 0.6) is 0 Å². The van der Waals surface area contributed by atoms with Gasteiger partial charge < -0.3 is 15.5 Å². The molecule has 7 heteroatoms. The molecule has 1 fully saturated rings. The monoisotopic (exact) mass is 357 g/mol. The second-order valence-electron chi connectivity index (χ2n) is 6.63. The maximum atomic E-state index is 13.9. The topological polar surface area (TPSA) is 61.4 Å². The number of piperidine rings is 1. The zero-order valence-corrected chi connectivity index (χ0v) is 13.9. The van der Waals surface area contributed by atoms with Crippen LogP contribution < -0.4 is 10.6 Å². The van der Waals surface area contributed by atoms with E-state index in [4.69, 9.17) is 0 Å². The van der Waals surface area contributed by atoms with Crippen molar-refractivity contribution in [2.75, 3.05) is 18.4 Å². The second-order valence-corrected chi connectivity index (χ2v) is 6.63. The van der Waals surface area contributed by atoms with E-state index in [9.17, 15) is 18.4 Å². The zero-order valence-electron chi connectivity index (χ0n) is 13.9. The third kappa shape index (κ3) is 2.79. The first-order chi connectivity index (χ1) is 12.5. The number of hydrogen-bond acceptors (Lipinski definition) is 3. The molecule has 2 N–H and O–H groups in total. The number of halogens is 2. The van der Waals surface area contributed by atoms with Crippen molar-refractivity contribution >= 4 is 17.5 Å². The summed E-state index contributed by atoms with van der Waals surface area (Å²) in [5.74, 6) is -1.72. The van der Waals surface area contributed by atoms with Crippen LogP contribution in [0.2, 0.25) is 0 Å². The molecule has 0 saturated carbocycles. The summed E-state index contributed by atoms with van der Waals surface area (Å²) in [6.45, 7) is 0.792. The van der Waals surface area contributed by atoms with E-state index in [2.05, 4.69) is 10.6 Å². The summed E-state index contributed by atoms with van der Waals surface area (Å²) in [6.07, 6.45) is 0.936.